The van der Waals surface area contributed by atoms with Gasteiger partial charge in [-0.1, -0.05) is 23.3 Å². The molecule has 0 bridgehead atoms. The average molecular weight is 437 g/mol. The second-order valence-electron chi connectivity index (χ2n) is 8.19. The maximum atomic E-state index is 13.1. The number of aromatic hydroxyl groups is 3. The predicted molar refractivity (Wildman–Crippen MR) is 126 cm³/mol. The van der Waals surface area contributed by atoms with Gasteiger partial charge in [-0.2, -0.15) is 0 Å². The van der Waals surface area contributed by atoms with Gasteiger partial charge in [0, 0.05) is 22.8 Å². The third-order valence-corrected chi connectivity index (χ3v) is 5.21. The normalized spacial score (nSPS) is 10.8. The third kappa shape index (κ3) is 4.49. The highest BCUT2D eigenvalue weighted by molar-refractivity contribution is 5.91. The quantitative estimate of drug-likeness (QED) is 0.435. The number of methoxy groups -OCH3 is 1. The molecular weight excluding hydrogens is 408 g/mol. The number of phenolic OH excluding ortho intramolecular Hbond substituents is 3. The number of benzene rings is 2. The van der Waals surface area contributed by atoms with E-state index < -0.39 is 5.43 Å². The van der Waals surface area contributed by atoms with Crippen LogP contribution < -0.4 is 10.2 Å². The first-order valence-corrected chi connectivity index (χ1v) is 10.3. The summed E-state index contributed by atoms with van der Waals surface area (Å²) in [6, 6.07) is 5.89. The van der Waals surface area contributed by atoms with Crippen molar-refractivity contribution in [1.82, 2.24) is 0 Å². The molecule has 32 heavy (non-hydrogen) atoms. The first-order valence-electron chi connectivity index (χ1n) is 10.3. The van der Waals surface area contributed by atoms with Gasteiger partial charge in [0.05, 0.1) is 7.11 Å². The van der Waals surface area contributed by atoms with Crippen molar-refractivity contribution in [2.75, 3.05) is 7.11 Å². The molecular formula is C26H28O6. The van der Waals surface area contributed by atoms with Gasteiger partial charge in [0.1, 0.15) is 28.2 Å². The van der Waals surface area contributed by atoms with E-state index in [0.717, 1.165) is 11.1 Å². The van der Waals surface area contributed by atoms with Crippen LogP contribution in [0.15, 0.2) is 56.8 Å². The topological polar surface area (TPSA) is 100 Å². The van der Waals surface area contributed by atoms with Gasteiger partial charge < -0.3 is 24.5 Å². The smallest absolute Gasteiger partial charge is 0.197 e. The van der Waals surface area contributed by atoms with E-state index in [0.29, 0.717) is 23.1 Å². The van der Waals surface area contributed by atoms with Crippen LogP contribution in [-0.2, 0) is 12.8 Å². The van der Waals surface area contributed by atoms with E-state index >= 15 is 0 Å². The summed E-state index contributed by atoms with van der Waals surface area (Å²) in [5.41, 5.74) is 3.01. The molecule has 0 saturated carbocycles. The second-order valence-corrected chi connectivity index (χ2v) is 8.19. The summed E-state index contributed by atoms with van der Waals surface area (Å²) >= 11 is 0. The Bertz CT molecular complexity index is 1290. The fourth-order valence-electron chi connectivity index (χ4n) is 3.45. The van der Waals surface area contributed by atoms with E-state index in [4.69, 9.17) is 9.15 Å². The highest BCUT2D eigenvalue weighted by atomic mass is 16.5. The Morgan fingerprint density at radius 2 is 1.56 bits per heavy atom. The van der Waals surface area contributed by atoms with E-state index in [-0.39, 0.29) is 46.1 Å². The zero-order chi connectivity index (χ0) is 23.6. The minimum atomic E-state index is -0.428. The molecule has 3 rings (SSSR count). The molecule has 0 spiro atoms. The number of ether oxygens (including phenoxy) is 1. The van der Waals surface area contributed by atoms with Crippen LogP contribution >= 0.6 is 0 Å². The minimum Gasteiger partial charge on any atom is -0.507 e. The van der Waals surface area contributed by atoms with Crippen LogP contribution in [0.2, 0.25) is 0 Å². The van der Waals surface area contributed by atoms with Gasteiger partial charge in [0.15, 0.2) is 16.9 Å². The van der Waals surface area contributed by atoms with Crippen molar-refractivity contribution in [2.45, 2.75) is 40.5 Å². The van der Waals surface area contributed by atoms with Gasteiger partial charge in [0.2, 0.25) is 0 Å². The van der Waals surface area contributed by atoms with Gasteiger partial charge in [0.25, 0.3) is 0 Å². The zero-order valence-electron chi connectivity index (χ0n) is 18.9. The summed E-state index contributed by atoms with van der Waals surface area (Å²) in [6.45, 7) is 7.72. The highest BCUT2D eigenvalue weighted by Gasteiger charge is 2.23. The number of hydrogen-bond donors (Lipinski definition) is 3. The summed E-state index contributed by atoms with van der Waals surface area (Å²) in [4.78, 5) is 13.1. The van der Waals surface area contributed by atoms with E-state index in [2.05, 4.69) is 0 Å². The SMILES string of the molecule is COc1cc(-c2cc(=O)c3c(O)c(CC=C(C)C)c(O)c(CC=C(C)C)c3o2)ccc1O. The molecule has 0 atom stereocenters. The monoisotopic (exact) mass is 436 g/mol. The maximum Gasteiger partial charge on any atom is 0.197 e. The molecule has 0 aliphatic carbocycles. The van der Waals surface area contributed by atoms with Gasteiger partial charge in [-0.15, -0.1) is 0 Å². The maximum absolute atomic E-state index is 13.1. The predicted octanol–water partition coefficient (Wildman–Crippen LogP) is 5.60. The van der Waals surface area contributed by atoms with Crippen LogP contribution in [0.1, 0.15) is 38.8 Å². The summed E-state index contributed by atoms with van der Waals surface area (Å²) in [6.07, 6.45) is 4.42. The zero-order valence-corrected chi connectivity index (χ0v) is 18.9. The Kier molecular flexibility index (Phi) is 6.63. The lowest BCUT2D eigenvalue weighted by Gasteiger charge is -2.15. The summed E-state index contributed by atoms with van der Waals surface area (Å²) in [5, 5.41) is 31.8. The molecule has 168 valence electrons. The lowest BCUT2D eigenvalue weighted by molar-refractivity contribution is 0.373. The Morgan fingerprint density at radius 1 is 0.938 bits per heavy atom. The Balaban J connectivity index is 2.35. The molecule has 0 aliphatic heterocycles. The van der Waals surface area contributed by atoms with Crippen molar-refractivity contribution >= 4 is 11.0 Å². The molecule has 0 fully saturated rings. The van der Waals surface area contributed by atoms with Crippen LogP contribution in [-0.4, -0.2) is 22.4 Å². The van der Waals surface area contributed by atoms with Gasteiger partial charge in [-0.05, 0) is 58.7 Å². The number of rotatable bonds is 6. The van der Waals surface area contributed by atoms with Gasteiger partial charge in [-0.3, -0.25) is 4.79 Å². The lowest BCUT2D eigenvalue weighted by atomic mass is 9.96. The standard InChI is InChI=1S/C26H28O6/c1-14(2)6-9-17-24(29)18(10-7-15(3)4)26-23(25(17)30)20(28)13-21(32-26)16-8-11-19(27)22(12-16)31-5/h6-8,11-13,27,29-30H,9-10H2,1-5H3. The van der Waals surface area contributed by atoms with Crippen molar-refractivity contribution in [1.29, 1.82) is 0 Å². The minimum absolute atomic E-state index is 0.0339. The highest BCUT2D eigenvalue weighted by Crippen LogP contribution is 2.41. The molecule has 6 nitrogen and oxygen atoms in total. The van der Waals surface area contributed by atoms with E-state index in [1.807, 2.05) is 39.8 Å². The van der Waals surface area contributed by atoms with Crippen LogP contribution in [0.4, 0.5) is 0 Å². The Hall–Kier alpha value is -3.67. The molecule has 0 unspecified atom stereocenters. The third-order valence-electron chi connectivity index (χ3n) is 5.21. The molecule has 0 radical (unpaired) electrons. The molecule has 3 N–H and O–H groups in total. The summed E-state index contributed by atoms with van der Waals surface area (Å²) in [5.74, 6) is 0.0591. The first kappa shape index (κ1) is 23.0. The summed E-state index contributed by atoms with van der Waals surface area (Å²) in [7, 11) is 1.43. The van der Waals surface area contributed by atoms with Crippen molar-refractivity contribution in [2.24, 2.45) is 0 Å². The number of hydrogen-bond acceptors (Lipinski definition) is 6. The van der Waals surface area contributed by atoms with Crippen molar-refractivity contribution in [3.05, 3.63) is 68.9 Å². The van der Waals surface area contributed by atoms with Gasteiger partial charge in [-0.25, -0.2) is 0 Å². The van der Waals surface area contributed by atoms with Crippen LogP contribution in [0.5, 0.6) is 23.0 Å². The molecule has 0 aliphatic rings. The van der Waals surface area contributed by atoms with Crippen molar-refractivity contribution < 1.29 is 24.5 Å². The molecule has 2 aromatic carbocycles. The summed E-state index contributed by atoms with van der Waals surface area (Å²) < 4.78 is 11.2. The largest absolute Gasteiger partial charge is 0.507 e. The number of allylic oxidation sites excluding steroid dienone is 4. The molecule has 0 saturated heterocycles. The fourth-order valence-corrected chi connectivity index (χ4v) is 3.45. The van der Waals surface area contributed by atoms with Crippen LogP contribution in [0, 0.1) is 0 Å². The second kappa shape index (κ2) is 9.22. The molecule has 6 heteroatoms. The molecule has 1 aromatic heterocycles. The molecule has 1 heterocycles. The average Bonchev–Trinajstić information content (AvgIpc) is 2.72. The number of fused-ring (bicyclic) bond motifs is 1. The molecule has 0 amide bonds. The fraction of sp³-hybridized carbons (Fsp3) is 0.269. The Morgan fingerprint density at radius 3 is 2.16 bits per heavy atom. The van der Waals surface area contributed by atoms with E-state index in [1.54, 1.807) is 12.1 Å². The molecule has 3 aromatic rings. The Labute approximate surface area is 186 Å². The van der Waals surface area contributed by atoms with Crippen molar-refractivity contribution in [3.63, 3.8) is 0 Å². The number of phenols is 3. The van der Waals surface area contributed by atoms with E-state index in [9.17, 15) is 20.1 Å². The van der Waals surface area contributed by atoms with Crippen molar-refractivity contribution in [3.8, 4) is 34.3 Å². The first-order chi connectivity index (χ1) is 15.1. The van der Waals surface area contributed by atoms with E-state index in [1.165, 1.54) is 19.2 Å². The van der Waals surface area contributed by atoms with Crippen LogP contribution in [0.25, 0.3) is 22.3 Å². The lowest BCUT2D eigenvalue weighted by Crippen LogP contribution is -2.05. The van der Waals surface area contributed by atoms with Gasteiger partial charge >= 0.3 is 0 Å². The van der Waals surface area contributed by atoms with Crippen LogP contribution in [0.3, 0.4) is 0 Å².